The molecule has 0 radical (unpaired) electrons. The van der Waals surface area contributed by atoms with Gasteiger partial charge in [0.2, 0.25) is 0 Å². The zero-order valence-electron chi connectivity index (χ0n) is 11.9. The topological polar surface area (TPSA) is 42.2 Å². The molecule has 1 aliphatic heterocycles. The van der Waals surface area contributed by atoms with Crippen molar-refractivity contribution in [1.29, 1.82) is 0 Å². The molecule has 0 saturated carbocycles. The van der Waals surface area contributed by atoms with E-state index in [9.17, 15) is 0 Å². The van der Waals surface area contributed by atoms with E-state index in [1.807, 2.05) is 54.4 Å². The van der Waals surface area contributed by atoms with E-state index in [2.05, 4.69) is 10.2 Å². The second kappa shape index (κ2) is 5.80. The van der Waals surface area contributed by atoms with Gasteiger partial charge in [-0.25, -0.2) is 9.44 Å². The van der Waals surface area contributed by atoms with E-state index in [0.29, 0.717) is 0 Å². The second-order valence-corrected chi connectivity index (χ2v) is 12.1. The number of hydrogen-bond acceptors (Lipinski definition) is 4. The fourth-order valence-corrected chi connectivity index (χ4v) is 6.22. The molecule has 2 aromatic rings. The minimum Gasteiger partial charge on any atom is -0.317 e. The summed E-state index contributed by atoms with van der Waals surface area (Å²) in [6.45, 7) is 2.01. The number of nitrogens with one attached hydrogen (secondary N) is 1. The van der Waals surface area contributed by atoms with Crippen molar-refractivity contribution in [2.75, 3.05) is 17.6 Å². The van der Waals surface area contributed by atoms with Crippen LogP contribution in [0.15, 0.2) is 35.1 Å². The molecule has 1 aromatic heterocycles. The molecule has 1 aliphatic rings. The lowest BCUT2D eigenvalue weighted by molar-refractivity contribution is 0.872. The van der Waals surface area contributed by atoms with Crippen LogP contribution < -0.4 is 5.09 Å². The van der Waals surface area contributed by atoms with E-state index in [1.54, 1.807) is 23.1 Å². The van der Waals surface area contributed by atoms with Crippen LogP contribution in [0.3, 0.4) is 0 Å². The molecule has 0 aliphatic carbocycles. The van der Waals surface area contributed by atoms with Crippen LogP contribution in [-0.4, -0.2) is 27.3 Å². The fraction of sp³-hybridized carbons (Fsp3) is 0.231. The predicted molar refractivity (Wildman–Crippen MR) is 99.8 cm³/mol. The van der Waals surface area contributed by atoms with Gasteiger partial charge in [-0.15, -0.1) is 11.8 Å². The highest BCUT2D eigenvalue weighted by atomic mass is 32.9. The van der Waals surface area contributed by atoms with Gasteiger partial charge in [-0.3, -0.25) is 0 Å². The lowest BCUT2D eigenvalue weighted by atomic mass is 10.2. The molecule has 0 bridgehead atoms. The van der Waals surface area contributed by atoms with Crippen molar-refractivity contribution in [3.8, 4) is 5.69 Å². The second-order valence-electron chi connectivity index (χ2n) is 4.48. The van der Waals surface area contributed by atoms with E-state index in [0.717, 1.165) is 27.8 Å². The Balaban J connectivity index is 2.23. The van der Waals surface area contributed by atoms with Crippen molar-refractivity contribution in [3.05, 3.63) is 41.6 Å². The third-order valence-electron chi connectivity index (χ3n) is 3.19. The van der Waals surface area contributed by atoms with Gasteiger partial charge in [0.05, 0.1) is 16.9 Å². The predicted octanol–water partition coefficient (Wildman–Crippen LogP) is 4.30. The summed E-state index contributed by atoms with van der Waals surface area (Å²) >= 11 is 8.96. The van der Waals surface area contributed by atoms with E-state index >= 15 is 0 Å². The first kappa shape index (κ1) is 15.2. The van der Waals surface area contributed by atoms with Crippen molar-refractivity contribution < 1.29 is 0 Å². The van der Waals surface area contributed by atoms with Gasteiger partial charge in [-0.2, -0.15) is 5.10 Å². The molecule has 4 nitrogen and oxygen atoms in total. The third-order valence-corrected chi connectivity index (χ3v) is 9.32. The number of hydrogen-bond donors (Lipinski definition) is 1. The van der Waals surface area contributed by atoms with Gasteiger partial charge < -0.3 is 5.09 Å². The first-order valence-electron chi connectivity index (χ1n) is 6.31. The van der Waals surface area contributed by atoms with Gasteiger partial charge in [0, 0.05) is 0 Å². The lowest BCUT2D eigenvalue weighted by Gasteiger charge is -2.25. The minimum atomic E-state index is -2.03. The summed E-state index contributed by atoms with van der Waals surface area (Å²) in [5, 5.41) is 9.13. The van der Waals surface area contributed by atoms with Crippen LogP contribution in [0.2, 0.25) is 0 Å². The summed E-state index contributed by atoms with van der Waals surface area (Å²) in [6.07, 6.45) is 4.05. The number of rotatable bonds is 2. The highest BCUT2D eigenvalue weighted by Gasteiger charge is 2.30. The maximum absolute atomic E-state index is 5.71. The molecule has 3 rings (SSSR count). The molecule has 1 N–H and O–H groups in total. The Morgan fingerprint density at radius 3 is 2.57 bits per heavy atom. The van der Waals surface area contributed by atoms with Crippen molar-refractivity contribution in [1.82, 2.24) is 9.78 Å². The number of aromatic nitrogens is 2. The Hall–Kier alpha value is -0.750. The van der Waals surface area contributed by atoms with Gasteiger partial charge in [-0.1, -0.05) is 29.6 Å². The molecule has 2 heterocycles. The standard InChI is InChI=1S/C13H15N4PS3/c1-9-11-12(15-18(19,21-3)16-13(11)20-2)17(14-9)10-7-5-4-6-8-10/h4-8H,1-3H3,(H,15,16,19). The highest BCUT2D eigenvalue weighted by molar-refractivity contribution is 8.70. The number of nitrogens with zero attached hydrogens (tertiary/aromatic N) is 3. The number of anilines is 1. The highest BCUT2D eigenvalue weighted by Crippen LogP contribution is 2.62. The van der Waals surface area contributed by atoms with Crippen LogP contribution in [-0.2, 0) is 11.8 Å². The number of aryl methyl sites for hydroxylation is 1. The van der Waals surface area contributed by atoms with Gasteiger partial charge in [0.1, 0.15) is 10.9 Å². The van der Waals surface area contributed by atoms with E-state index in [1.165, 1.54) is 0 Å². The SMILES string of the molecule is CSC1=NP(=S)(SC)Nc2c1c(C)nn2-c1ccccc1. The zero-order chi connectivity index (χ0) is 15.0. The average molecular weight is 354 g/mol. The normalized spacial score (nSPS) is 20.6. The summed E-state index contributed by atoms with van der Waals surface area (Å²) in [4.78, 5) is 0. The van der Waals surface area contributed by atoms with Gasteiger partial charge in [-0.05, 0) is 43.4 Å². The molecule has 0 fully saturated rings. The molecule has 0 saturated heterocycles. The zero-order valence-corrected chi connectivity index (χ0v) is 15.2. The fourth-order valence-electron chi connectivity index (χ4n) is 2.20. The van der Waals surface area contributed by atoms with Crippen molar-refractivity contribution in [2.45, 2.75) is 6.92 Å². The van der Waals surface area contributed by atoms with Gasteiger partial charge >= 0.3 is 0 Å². The molecular weight excluding hydrogens is 339 g/mol. The Morgan fingerprint density at radius 1 is 1.24 bits per heavy atom. The average Bonchev–Trinajstić information content (AvgIpc) is 2.84. The molecule has 21 heavy (non-hydrogen) atoms. The van der Waals surface area contributed by atoms with Crippen LogP contribution in [0.1, 0.15) is 11.3 Å². The van der Waals surface area contributed by atoms with E-state index < -0.39 is 5.54 Å². The van der Waals surface area contributed by atoms with Crippen LogP contribution >= 0.6 is 28.7 Å². The molecule has 0 amide bonds. The maximum Gasteiger partial charge on any atom is 0.197 e. The lowest BCUT2D eigenvalue weighted by Crippen LogP contribution is -2.11. The van der Waals surface area contributed by atoms with Crippen LogP contribution in [0.5, 0.6) is 0 Å². The number of fused-ring (bicyclic) bond motifs is 1. The van der Waals surface area contributed by atoms with Crippen molar-refractivity contribution >= 4 is 51.4 Å². The van der Waals surface area contributed by atoms with Crippen LogP contribution in [0.4, 0.5) is 5.82 Å². The summed E-state index contributed by atoms with van der Waals surface area (Å²) in [7, 11) is 0. The Kier molecular flexibility index (Phi) is 4.19. The molecular formula is C13H15N4PS3. The van der Waals surface area contributed by atoms with Crippen LogP contribution in [0.25, 0.3) is 5.69 Å². The first-order valence-corrected chi connectivity index (χ1v) is 12.1. The largest absolute Gasteiger partial charge is 0.317 e. The number of benzene rings is 1. The summed E-state index contributed by atoms with van der Waals surface area (Å²) in [5.41, 5.74) is 1.04. The summed E-state index contributed by atoms with van der Waals surface area (Å²) < 4.78 is 6.70. The van der Waals surface area contributed by atoms with E-state index in [4.69, 9.17) is 16.6 Å². The van der Waals surface area contributed by atoms with Gasteiger partial charge in [0.25, 0.3) is 0 Å². The van der Waals surface area contributed by atoms with Crippen molar-refractivity contribution in [3.63, 3.8) is 0 Å². The van der Waals surface area contributed by atoms with Gasteiger partial charge in [0.15, 0.2) is 5.54 Å². The smallest absolute Gasteiger partial charge is 0.197 e. The maximum atomic E-state index is 5.71. The molecule has 1 atom stereocenters. The Morgan fingerprint density at radius 2 is 1.95 bits per heavy atom. The Bertz CT molecular complexity index is 754. The summed E-state index contributed by atoms with van der Waals surface area (Å²) in [5.74, 6) is 0.968. The summed E-state index contributed by atoms with van der Waals surface area (Å²) in [6, 6.07) is 10.1. The quantitative estimate of drug-likeness (QED) is 0.814. The first-order chi connectivity index (χ1) is 10.1. The molecule has 1 unspecified atom stereocenters. The molecule has 1 aromatic carbocycles. The Labute approximate surface area is 137 Å². The minimum absolute atomic E-state index is 0.968. The number of para-hydroxylation sites is 1. The molecule has 110 valence electrons. The monoisotopic (exact) mass is 354 g/mol. The third kappa shape index (κ3) is 2.68. The van der Waals surface area contributed by atoms with Crippen molar-refractivity contribution in [2.24, 2.45) is 4.76 Å². The van der Waals surface area contributed by atoms with E-state index in [-0.39, 0.29) is 0 Å². The molecule has 8 heteroatoms. The molecule has 0 spiro atoms. The van der Waals surface area contributed by atoms with Crippen LogP contribution in [0, 0.1) is 6.92 Å². The number of thioether (sulfide) groups is 1.